The van der Waals surface area contributed by atoms with Crippen LogP contribution < -0.4 is 10.6 Å². The van der Waals surface area contributed by atoms with E-state index < -0.39 is 11.7 Å². The van der Waals surface area contributed by atoms with Gasteiger partial charge in [-0.3, -0.25) is 10.1 Å². The van der Waals surface area contributed by atoms with Gasteiger partial charge in [-0.2, -0.15) is 0 Å². The number of carbonyl (C=O) groups is 2. The highest BCUT2D eigenvalue weighted by atomic mass is 16.6. The minimum atomic E-state index is -0.556. The lowest BCUT2D eigenvalue weighted by Gasteiger charge is -2.19. The molecule has 20 heavy (non-hydrogen) atoms. The number of carbonyl (C=O) groups excluding carboxylic acids is 2. The second kappa shape index (κ2) is 6.62. The molecule has 5 heteroatoms. The molecule has 0 atom stereocenters. The van der Waals surface area contributed by atoms with Crippen LogP contribution in [0, 0.1) is 12.3 Å². The van der Waals surface area contributed by atoms with E-state index in [4.69, 9.17) is 11.2 Å². The monoisotopic (exact) mass is 274 g/mol. The maximum Gasteiger partial charge on any atom is 0.412 e. The second-order valence-corrected chi connectivity index (χ2v) is 5.09. The first-order chi connectivity index (χ1) is 9.31. The van der Waals surface area contributed by atoms with Crippen LogP contribution in [0.4, 0.5) is 10.5 Å². The molecule has 0 fully saturated rings. The summed E-state index contributed by atoms with van der Waals surface area (Å²) in [6.07, 6.45) is 4.52. The molecule has 5 nitrogen and oxygen atoms in total. The fourth-order valence-electron chi connectivity index (χ4n) is 1.36. The Morgan fingerprint density at radius 2 is 1.85 bits per heavy atom. The molecular formula is C15H18N2O3. The molecule has 0 spiro atoms. The van der Waals surface area contributed by atoms with Crippen LogP contribution in [0.5, 0.6) is 0 Å². The van der Waals surface area contributed by atoms with Gasteiger partial charge >= 0.3 is 6.09 Å². The number of rotatable bonds is 3. The van der Waals surface area contributed by atoms with Gasteiger partial charge < -0.3 is 10.1 Å². The second-order valence-electron chi connectivity index (χ2n) is 5.09. The number of terminal acetylenes is 1. The van der Waals surface area contributed by atoms with Gasteiger partial charge in [-0.15, -0.1) is 6.42 Å². The Morgan fingerprint density at radius 3 is 2.35 bits per heavy atom. The summed E-state index contributed by atoms with van der Waals surface area (Å²) in [6.45, 7) is 5.53. The minimum Gasteiger partial charge on any atom is -0.444 e. The summed E-state index contributed by atoms with van der Waals surface area (Å²) in [5, 5.41) is 5.14. The molecule has 1 aromatic carbocycles. The van der Waals surface area contributed by atoms with Gasteiger partial charge in [0.15, 0.2) is 0 Å². The fraction of sp³-hybridized carbons (Fsp3) is 0.333. The van der Waals surface area contributed by atoms with Crippen LogP contribution in [0.15, 0.2) is 24.3 Å². The smallest absolute Gasteiger partial charge is 0.412 e. The number of ether oxygens (including phenoxy) is 1. The predicted molar refractivity (Wildman–Crippen MR) is 77.5 cm³/mol. The van der Waals surface area contributed by atoms with E-state index in [-0.39, 0.29) is 12.5 Å². The first-order valence-electron chi connectivity index (χ1n) is 6.13. The molecule has 0 unspecified atom stereocenters. The number of hydrogen-bond donors (Lipinski definition) is 2. The van der Waals surface area contributed by atoms with Gasteiger partial charge in [0, 0.05) is 11.3 Å². The van der Waals surface area contributed by atoms with Gasteiger partial charge in [-0.05, 0) is 45.0 Å². The number of hydrogen-bond acceptors (Lipinski definition) is 3. The van der Waals surface area contributed by atoms with E-state index in [0.717, 1.165) is 0 Å². The van der Waals surface area contributed by atoms with E-state index in [1.807, 2.05) is 0 Å². The van der Waals surface area contributed by atoms with Crippen molar-refractivity contribution in [2.24, 2.45) is 0 Å². The van der Waals surface area contributed by atoms with Gasteiger partial charge in [0.2, 0.25) is 0 Å². The number of anilines is 1. The SMILES string of the molecule is C#CCNC(=O)c1ccc(NC(=O)OC(C)(C)C)cc1. The highest BCUT2D eigenvalue weighted by Gasteiger charge is 2.16. The molecular weight excluding hydrogens is 256 g/mol. The Bertz CT molecular complexity index is 522. The molecule has 0 saturated heterocycles. The Kier molecular flexibility index (Phi) is 5.15. The van der Waals surface area contributed by atoms with Crippen LogP contribution in [-0.4, -0.2) is 24.1 Å². The highest BCUT2D eigenvalue weighted by Crippen LogP contribution is 2.12. The van der Waals surface area contributed by atoms with E-state index in [1.165, 1.54) is 0 Å². The van der Waals surface area contributed by atoms with Crippen LogP contribution in [0.25, 0.3) is 0 Å². The molecule has 2 N–H and O–H groups in total. The first-order valence-corrected chi connectivity index (χ1v) is 6.13. The van der Waals surface area contributed by atoms with E-state index in [0.29, 0.717) is 11.3 Å². The lowest BCUT2D eigenvalue weighted by atomic mass is 10.2. The predicted octanol–water partition coefficient (Wildman–Crippen LogP) is 2.40. The van der Waals surface area contributed by atoms with Crippen LogP contribution in [0.1, 0.15) is 31.1 Å². The summed E-state index contributed by atoms with van der Waals surface area (Å²) in [5.74, 6) is 2.06. The van der Waals surface area contributed by atoms with Gasteiger partial charge in [0.1, 0.15) is 5.60 Å². The van der Waals surface area contributed by atoms with Gasteiger partial charge in [-0.1, -0.05) is 5.92 Å². The first kappa shape index (κ1) is 15.6. The van der Waals surface area contributed by atoms with Crippen molar-refractivity contribution in [1.82, 2.24) is 5.32 Å². The normalized spacial score (nSPS) is 10.3. The zero-order chi connectivity index (χ0) is 15.2. The molecule has 0 aromatic heterocycles. The van der Waals surface area contributed by atoms with Gasteiger partial charge in [0.05, 0.1) is 6.54 Å². The Balaban J connectivity index is 2.61. The summed E-state index contributed by atoms with van der Waals surface area (Å²) in [7, 11) is 0. The number of amides is 2. The average Bonchev–Trinajstić information content (AvgIpc) is 2.34. The van der Waals surface area contributed by atoms with Crippen molar-refractivity contribution in [2.75, 3.05) is 11.9 Å². The molecule has 0 bridgehead atoms. The summed E-state index contributed by atoms with van der Waals surface area (Å²) >= 11 is 0. The third-order valence-electron chi connectivity index (χ3n) is 2.14. The third kappa shape index (κ3) is 5.44. The molecule has 0 aliphatic rings. The standard InChI is InChI=1S/C15H18N2O3/c1-5-10-16-13(18)11-6-8-12(9-7-11)17-14(19)20-15(2,3)4/h1,6-9H,10H2,2-4H3,(H,16,18)(H,17,19). The van der Waals surface area contributed by atoms with Crippen molar-refractivity contribution >= 4 is 17.7 Å². The lowest BCUT2D eigenvalue weighted by Crippen LogP contribution is -2.27. The van der Waals surface area contributed by atoms with Gasteiger partial charge in [-0.25, -0.2) is 4.79 Å². The summed E-state index contributed by atoms with van der Waals surface area (Å²) in [6, 6.07) is 6.43. The fourth-order valence-corrected chi connectivity index (χ4v) is 1.36. The van der Waals surface area contributed by atoms with Crippen LogP contribution in [0.3, 0.4) is 0 Å². The van der Waals surface area contributed by atoms with E-state index in [9.17, 15) is 9.59 Å². The Hall–Kier alpha value is -2.48. The van der Waals surface area contributed by atoms with Crippen molar-refractivity contribution < 1.29 is 14.3 Å². The van der Waals surface area contributed by atoms with Crippen molar-refractivity contribution in [2.45, 2.75) is 26.4 Å². The summed E-state index contributed by atoms with van der Waals surface area (Å²) < 4.78 is 5.12. The average molecular weight is 274 g/mol. The van der Waals surface area contributed by atoms with E-state index >= 15 is 0 Å². The largest absolute Gasteiger partial charge is 0.444 e. The van der Waals surface area contributed by atoms with Gasteiger partial charge in [0.25, 0.3) is 5.91 Å². The Morgan fingerprint density at radius 1 is 1.25 bits per heavy atom. The minimum absolute atomic E-state index is 0.177. The quantitative estimate of drug-likeness (QED) is 0.832. The summed E-state index contributed by atoms with van der Waals surface area (Å²) in [4.78, 5) is 23.2. The highest BCUT2D eigenvalue weighted by molar-refractivity contribution is 5.95. The maximum absolute atomic E-state index is 11.6. The van der Waals surface area contributed by atoms with Crippen LogP contribution in [0.2, 0.25) is 0 Å². The molecule has 1 aromatic rings. The summed E-state index contributed by atoms with van der Waals surface area (Å²) in [5.41, 5.74) is 0.460. The molecule has 1 rings (SSSR count). The van der Waals surface area contributed by atoms with E-state index in [2.05, 4.69) is 16.6 Å². The molecule has 0 aliphatic heterocycles. The van der Waals surface area contributed by atoms with E-state index in [1.54, 1.807) is 45.0 Å². The zero-order valence-corrected chi connectivity index (χ0v) is 11.8. The Labute approximate surface area is 118 Å². The molecule has 2 amide bonds. The van der Waals surface area contributed by atoms with Crippen LogP contribution >= 0.6 is 0 Å². The van der Waals surface area contributed by atoms with Crippen LogP contribution in [-0.2, 0) is 4.74 Å². The van der Waals surface area contributed by atoms with Crippen molar-refractivity contribution in [3.05, 3.63) is 29.8 Å². The molecule has 0 radical (unpaired) electrons. The third-order valence-corrected chi connectivity index (χ3v) is 2.14. The molecule has 0 heterocycles. The molecule has 106 valence electrons. The maximum atomic E-state index is 11.6. The van der Waals surface area contributed by atoms with Crippen molar-refractivity contribution in [3.63, 3.8) is 0 Å². The zero-order valence-electron chi connectivity index (χ0n) is 11.8. The topological polar surface area (TPSA) is 67.4 Å². The van der Waals surface area contributed by atoms with Crippen molar-refractivity contribution in [3.8, 4) is 12.3 Å². The number of benzene rings is 1. The van der Waals surface area contributed by atoms with Crippen molar-refractivity contribution in [1.29, 1.82) is 0 Å². The molecule has 0 aliphatic carbocycles. The lowest BCUT2D eigenvalue weighted by molar-refractivity contribution is 0.0636. The number of nitrogens with one attached hydrogen (secondary N) is 2. The molecule has 0 saturated carbocycles.